The average Bonchev–Trinajstić information content (AvgIpc) is 2.81. The van der Waals surface area contributed by atoms with E-state index in [-0.39, 0.29) is 18.9 Å². The molecule has 10 heteroatoms. The van der Waals surface area contributed by atoms with Crippen LogP contribution in [0.25, 0.3) is 0 Å². The van der Waals surface area contributed by atoms with Crippen LogP contribution in [0.2, 0.25) is 0 Å². The molecule has 8 nitrogen and oxygen atoms in total. The van der Waals surface area contributed by atoms with Gasteiger partial charge in [0.1, 0.15) is 26.2 Å². The maximum Gasteiger partial charge on any atom is 0.170 e. The monoisotopic (exact) mass is 536 g/mol. The van der Waals surface area contributed by atoms with Crippen LogP contribution in [0.5, 0.6) is 0 Å². The van der Waals surface area contributed by atoms with Gasteiger partial charge in [-0.05, 0) is 29.7 Å². The van der Waals surface area contributed by atoms with Crippen molar-refractivity contribution in [1.82, 2.24) is 0 Å². The molecule has 0 N–H and O–H groups in total. The minimum Gasteiger partial charge on any atom is -0.748 e. The number of nitrogens with zero attached hydrogens (tertiary/aromatic N) is 2. The van der Waals surface area contributed by atoms with Crippen molar-refractivity contribution in [2.45, 2.75) is 39.5 Å². The zero-order valence-corrected chi connectivity index (χ0v) is 21.3. The quantitative estimate of drug-likeness (QED) is 0.275. The molecular formula is C26H36N2O6S2. The third kappa shape index (κ3) is 10.7. The molecule has 4 rings (SSSR count). The Hall–Kier alpha value is -2.40. The van der Waals surface area contributed by atoms with E-state index in [0.717, 1.165) is 38.9 Å². The maximum absolute atomic E-state index is 10.5. The second-order valence-electron chi connectivity index (χ2n) is 8.81. The van der Waals surface area contributed by atoms with Gasteiger partial charge in [0.15, 0.2) is 12.4 Å². The largest absolute Gasteiger partial charge is 0.748 e. The van der Waals surface area contributed by atoms with Crippen LogP contribution < -0.4 is 0 Å². The van der Waals surface area contributed by atoms with Gasteiger partial charge in [-0.3, -0.25) is 0 Å². The third-order valence-corrected chi connectivity index (χ3v) is 7.60. The van der Waals surface area contributed by atoms with E-state index in [2.05, 4.69) is 33.6 Å². The lowest BCUT2D eigenvalue weighted by Crippen LogP contribution is -2.24. The fourth-order valence-corrected chi connectivity index (χ4v) is 5.26. The molecule has 0 atom stereocenters. The maximum atomic E-state index is 10.5. The Balaban J connectivity index is 0.000000247. The number of rotatable bonds is 9. The van der Waals surface area contributed by atoms with Crippen molar-refractivity contribution in [3.05, 3.63) is 70.8 Å². The summed E-state index contributed by atoms with van der Waals surface area (Å²) in [6.45, 7) is 3.27. The number of hydrogen-bond acceptors (Lipinski definition) is 6. The Bertz CT molecular complexity index is 1290. The normalized spacial score (nSPS) is 14.7. The Morgan fingerprint density at radius 3 is 1.53 bits per heavy atom. The van der Waals surface area contributed by atoms with Crippen LogP contribution in [-0.4, -0.2) is 85.2 Å². The first kappa shape index (κ1) is 29.8. The lowest BCUT2D eigenvalue weighted by atomic mass is 10.0. The van der Waals surface area contributed by atoms with E-state index in [1.165, 1.54) is 22.3 Å². The number of unbranched alkanes of at least 4 members (excludes halogenated alkanes) is 1. The van der Waals surface area contributed by atoms with Gasteiger partial charge in [-0.15, -0.1) is 0 Å². The Morgan fingerprint density at radius 1 is 0.639 bits per heavy atom. The van der Waals surface area contributed by atoms with Crippen LogP contribution >= 0.6 is 0 Å². The summed E-state index contributed by atoms with van der Waals surface area (Å²) in [5.74, 6) is -0.531. The molecule has 2 aliphatic heterocycles. The SMILES string of the molecule is C.O=S(=O)([O-])CCCC[N+]1=Cc2ccccc2CC1.O=S(=O)([O-])CCC[N+]1=Cc2ccccc2CC1. The lowest BCUT2D eigenvalue weighted by molar-refractivity contribution is -0.524. The van der Waals surface area contributed by atoms with Gasteiger partial charge in [0, 0.05) is 48.3 Å². The van der Waals surface area contributed by atoms with Crippen molar-refractivity contribution in [3.8, 4) is 0 Å². The van der Waals surface area contributed by atoms with Gasteiger partial charge in [-0.1, -0.05) is 43.8 Å². The fraction of sp³-hybridized carbons (Fsp3) is 0.462. The molecule has 0 spiro atoms. The van der Waals surface area contributed by atoms with Gasteiger partial charge in [0.05, 0.1) is 20.2 Å². The highest BCUT2D eigenvalue weighted by molar-refractivity contribution is 7.85. The summed E-state index contributed by atoms with van der Waals surface area (Å²) >= 11 is 0. The zero-order chi connectivity index (χ0) is 25.3. The topological polar surface area (TPSA) is 120 Å². The van der Waals surface area contributed by atoms with Gasteiger partial charge in [-0.25, -0.2) is 26.0 Å². The lowest BCUT2D eigenvalue weighted by Gasteiger charge is -2.12. The summed E-state index contributed by atoms with van der Waals surface area (Å²) in [5.41, 5.74) is 5.10. The van der Waals surface area contributed by atoms with Gasteiger partial charge in [-0.2, -0.15) is 0 Å². The Morgan fingerprint density at radius 2 is 1.06 bits per heavy atom. The van der Waals surface area contributed by atoms with Crippen LogP contribution in [0.3, 0.4) is 0 Å². The van der Waals surface area contributed by atoms with Crippen LogP contribution in [-0.2, 0) is 33.1 Å². The van der Waals surface area contributed by atoms with Gasteiger partial charge < -0.3 is 9.11 Å². The van der Waals surface area contributed by atoms with Gasteiger partial charge >= 0.3 is 0 Å². The molecule has 0 aliphatic carbocycles. The van der Waals surface area contributed by atoms with E-state index >= 15 is 0 Å². The third-order valence-electron chi connectivity index (χ3n) is 6.02. The summed E-state index contributed by atoms with van der Waals surface area (Å²) in [6.07, 6.45) is 7.71. The van der Waals surface area contributed by atoms with Crippen molar-refractivity contribution in [3.63, 3.8) is 0 Å². The molecular weight excluding hydrogens is 500 g/mol. The molecule has 198 valence electrons. The van der Waals surface area contributed by atoms with E-state index in [1.54, 1.807) is 0 Å². The summed E-state index contributed by atoms with van der Waals surface area (Å²) in [7, 11) is -8.13. The molecule has 0 saturated heterocycles. The standard InChI is InChI=1S/C13H17NO3S.C12H15NO3S.CH4/c15-18(16,17)10-4-3-8-14-9-7-12-5-1-2-6-13(12)11-14;14-17(15,16)9-3-7-13-8-6-11-4-1-2-5-12(11)10-13;/h1-2,5-6,11H,3-4,7-10H2;1-2,4-5,10H,3,6-9H2;1H4. The summed E-state index contributed by atoms with van der Waals surface area (Å²) in [6, 6.07) is 16.4. The van der Waals surface area contributed by atoms with Crippen LogP contribution in [0, 0.1) is 0 Å². The highest BCUT2D eigenvalue weighted by Gasteiger charge is 2.15. The van der Waals surface area contributed by atoms with E-state index in [9.17, 15) is 25.9 Å². The van der Waals surface area contributed by atoms with Crippen molar-refractivity contribution >= 4 is 32.7 Å². The van der Waals surface area contributed by atoms with Gasteiger partial charge in [0.2, 0.25) is 0 Å². The fourth-order valence-electron chi connectivity index (χ4n) is 4.22. The van der Waals surface area contributed by atoms with Crippen LogP contribution in [0.15, 0.2) is 48.5 Å². The summed E-state index contributed by atoms with van der Waals surface area (Å²) in [5, 5.41) is 0. The number of hydrogen-bond donors (Lipinski definition) is 0. The predicted octanol–water partition coefficient (Wildman–Crippen LogP) is 2.25. The highest BCUT2D eigenvalue weighted by atomic mass is 32.2. The molecule has 0 amide bonds. The van der Waals surface area contributed by atoms with Gasteiger partial charge in [0.25, 0.3) is 0 Å². The van der Waals surface area contributed by atoms with E-state index in [0.29, 0.717) is 19.4 Å². The molecule has 0 aromatic heterocycles. The summed E-state index contributed by atoms with van der Waals surface area (Å²) in [4.78, 5) is 0. The molecule has 2 aromatic rings. The Kier molecular flexibility index (Phi) is 11.4. The number of fused-ring (bicyclic) bond motifs is 2. The highest BCUT2D eigenvalue weighted by Crippen LogP contribution is 2.12. The minimum atomic E-state index is -4.08. The van der Waals surface area contributed by atoms with E-state index < -0.39 is 20.2 Å². The second-order valence-corrected chi connectivity index (χ2v) is 11.9. The molecule has 2 heterocycles. The first-order valence-corrected chi connectivity index (χ1v) is 15.0. The summed E-state index contributed by atoms with van der Waals surface area (Å²) < 4.78 is 67.1. The molecule has 0 radical (unpaired) electrons. The van der Waals surface area contributed by atoms with Crippen LogP contribution in [0.4, 0.5) is 0 Å². The molecule has 36 heavy (non-hydrogen) atoms. The molecule has 0 bridgehead atoms. The number of benzene rings is 2. The minimum absolute atomic E-state index is 0. The first-order valence-electron chi connectivity index (χ1n) is 11.8. The molecule has 2 aromatic carbocycles. The van der Waals surface area contributed by atoms with Crippen molar-refractivity contribution in [2.75, 3.05) is 37.7 Å². The Labute approximate surface area is 215 Å². The average molecular weight is 537 g/mol. The molecule has 2 aliphatic rings. The van der Waals surface area contributed by atoms with E-state index in [4.69, 9.17) is 0 Å². The molecule has 0 saturated carbocycles. The smallest absolute Gasteiger partial charge is 0.170 e. The first-order chi connectivity index (χ1) is 16.6. The zero-order valence-electron chi connectivity index (χ0n) is 19.7. The van der Waals surface area contributed by atoms with Crippen molar-refractivity contribution < 1.29 is 35.1 Å². The van der Waals surface area contributed by atoms with Crippen molar-refractivity contribution in [2.24, 2.45) is 0 Å². The predicted molar refractivity (Wildman–Crippen MR) is 140 cm³/mol. The second kappa shape index (κ2) is 13.8. The van der Waals surface area contributed by atoms with Crippen LogP contribution in [0.1, 0.15) is 48.9 Å². The molecule has 0 unspecified atom stereocenters. The van der Waals surface area contributed by atoms with Crippen molar-refractivity contribution in [1.29, 1.82) is 0 Å². The molecule has 0 fully saturated rings. The van der Waals surface area contributed by atoms with E-state index in [1.807, 2.05) is 36.5 Å².